The first-order chi connectivity index (χ1) is 19.0. The highest BCUT2D eigenvalue weighted by Crippen LogP contribution is 2.31. The zero-order chi connectivity index (χ0) is 31.0. The van der Waals surface area contributed by atoms with Crippen molar-refractivity contribution < 1.29 is 45.6 Å². The average Bonchev–Trinajstić information content (AvgIpc) is 3.50. The second-order valence-electron chi connectivity index (χ2n) is 9.41. The summed E-state index contributed by atoms with van der Waals surface area (Å²) in [7, 11) is 4.29. The number of aromatic amines is 1. The molecule has 0 saturated carbocycles. The van der Waals surface area contributed by atoms with Gasteiger partial charge in [-0.3, -0.25) is 4.79 Å². The van der Waals surface area contributed by atoms with Crippen LogP contribution in [0.15, 0.2) is 22.8 Å². The van der Waals surface area contributed by atoms with E-state index in [-0.39, 0.29) is 18.8 Å². The summed E-state index contributed by atoms with van der Waals surface area (Å²) in [5.41, 5.74) is 0.436. The Morgan fingerprint density at radius 1 is 1.20 bits per heavy atom. The maximum absolute atomic E-state index is 13.5. The van der Waals surface area contributed by atoms with Gasteiger partial charge in [-0.25, -0.2) is 23.2 Å². The molecule has 0 unspecified atom stereocenters. The van der Waals surface area contributed by atoms with Crippen molar-refractivity contribution in [1.82, 2.24) is 35.8 Å². The van der Waals surface area contributed by atoms with Gasteiger partial charge in [0, 0.05) is 27.9 Å². The van der Waals surface area contributed by atoms with Gasteiger partial charge in [0.15, 0.2) is 11.3 Å². The number of H-pyrrole nitrogens is 1. The van der Waals surface area contributed by atoms with Gasteiger partial charge in [-0.2, -0.15) is 13.2 Å². The second kappa shape index (κ2) is 13.7. The highest BCUT2D eigenvalue weighted by atomic mass is 19.4. The van der Waals surface area contributed by atoms with E-state index in [1.165, 1.54) is 0 Å². The Balaban J connectivity index is 0.000000416. The van der Waals surface area contributed by atoms with Crippen LogP contribution in [0.4, 0.5) is 26.7 Å². The van der Waals surface area contributed by atoms with Crippen molar-refractivity contribution in [3.63, 3.8) is 0 Å². The van der Waals surface area contributed by atoms with E-state index < -0.39 is 42.7 Å². The van der Waals surface area contributed by atoms with Gasteiger partial charge in [0.1, 0.15) is 11.5 Å². The number of carbonyl (C=O) groups excluding carboxylic acids is 2. The summed E-state index contributed by atoms with van der Waals surface area (Å²) in [6, 6.07) is 4.65. The molecule has 17 heteroatoms. The van der Waals surface area contributed by atoms with Crippen LogP contribution in [-0.2, 0) is 22.6 Å². The molecule has 12 nitrogen and oxygen atoms in total. The molecule has 1 fully saturated rings. The molecule has 41 heavy (non-hydrogen) atoms. The first kappa shape index (κ1) is 33.3. The molecule has 4 rings (SSSR count). The Kier molecular flexibility index (Phi) is 11.1. The average molecular weight is 594 g/mol. The quantitative estimate of drug-likeness (QED) is 0.368. The van der Waals surface area contributed by atoms with Crippen LogP contribution in [0.25, 0.3) is 11.0 Å². The van der Waals surface area contributed by atoms with Gasteiger partial charge < -0.3 is 30.0 Å². The van der Waals surface area contributed by atoms with Crippen LogP contribution in [0.5, 0.6) is 0 Å². The number of imidazole rings is 1. The molecule has 1 aliphatic heterocycles. The molecule has 3 aromatic rings. The number of fused-ring (bicyclic) bond motifs is 1. The van der Waals surface area contributed by atoms with E-state index in [1.807, 2.05) is 0 Å². The van der Waals surface area contributed by atoms with Crippen LogP contribution in [0.3, 0.4) is 0 Å². The van der Waals surface area contributed by atoms with Gasteiger partial charge in [-0.15, -0.1) is 0 Å². The maximum Gasteiger partial charge on any atom is 0.416 e. The molecule has 1 saturated heterocycles. The molecular formula is C24H32F5N7O5. The lowest BCUT2D eigenvalue weighted by Gasteiger charge is -2.32. The molecule has 0 spiro atoms. The Morgan fingerprint density at radius 3 is 2.39 bits per heavy atom. The fraction of sp³-hybridized carbons (Fsp3) is 0.542. The molecule has 0 bridgehead atoms. The summed E-state index contributed by atoms with van der Waals surface area (Å²) in [6.45, 7) is 2.44. The third kappa shape index (κ3) is 9.34. The van der Waals surface area contributed by atoms with Gasteiger partial charge in [-0.1, -0.05) is 11.2 Å². The van der Waals surface area contributed by atoms with Crippen LogP contribution >= 0.6 is 0 Å². The van der Waals surface area contributed by atoms with E-state index in [0.29, 0.717) is 28.1 Å². The number of rotatable bonds is 6. The predicted octanol–water partition coefficient (Wildman–Crippen LogP) is 3.58. The van der Waals surface area contributed by atoms with Gasteiger partial charge in [0.25, 0.3) is 11.8 Å². The number of urea groups is 1. The minimum absolute atomic E-state index is 0.0425. The molecule has 1 aromatic carbocycles. The van der Waals surface area contributed by atoms with Crippen molar-refractivity contribution in [2.45, 2.75) is 51.6 Å². The van der Waals surface area contributed by atoms with Crippen LogP contribution in [-0.4, -0.2) is 89.2 Å². The molecule has 1 aliphatic rings. The van der Waals surface area contributed by atoms with Crippen molar-refractivity contribution in [2.75, 3.05) is 34.4 Å². The SMILES string of the molecule is COC.COC(C)(C)C(F)(F)F.Cc1nonc1C(=O)NCc1nc2ccc(CN3CC(F)(F)CNC3=O)cc2[nH]1. The normalized spacial score (nSPS) is 14.9. The monoisotopic (exact) mass is 593 g/mol. The number of methoxy groups -OCH3 is 2. The number of amides is 3. The van der Waals surface area contributed by atoms with E-state index in [4.69, 9.17) is 0 Å². The number of alkyl halides is 5. The Bertz CT molecular complexity index is 1310. The largest absolute Gasteiger partial charge is 0.416 e. The number of ether oxygens (including phenoxy) is 2. The number of halogens is 5. The third-order valence-corrected chi connectivity index (χ3v) is 5.65. The summed E-state index contributed by atoms with van der Waals surface area (Å²) in [6.07, 6.45) is -4.28. The lowest BCUT2D eigenvalue weighted by atomic mass is 10.1. The van der Waals surface area contributed by atoms with Gasteiger partial charge >= 0.3 is 12.2 Å². The standard InChI is InChI=1S/C17H17F2N7O3.C5H9F3O.C2H6O/c1-9-14(25-29-24-9)15(27)20-5-13-22-11-3-2-10(4-12(11)23-13)6-26-8-17(18,19)7-21-16(26)28;1-4(2,9-3)5(6,7)8;1-3-2/h2-4H,5-8H2,1H3,(H,20,27)(H,21,28)(H,22,23);1-3H3;1-2H3. The molecule has 0 radical (unpaired) electrons. The van der Waals surface area contributed by atoms with Crippen LogP contribution in [0.2, 0.25) is 0 Å². The summed E-state index contributed by atoms with van der Waals surface area (Å²) in [4.78, 5) is 32.4. The van der Waals surface area contributed by atoms with Gasteiger partial charge in [0.2, 0.25) is 0 Å². The Morgan fingerprint density at radius 2 is 1.85 bits per heavy atom. The van der Waals surface area contributed by atoms with Gasteiger partial charge in [0.05, 0.1) is 30.7 Å². The molecule has 228 valence electrons. The minimum Gasteiger partial charge on any atom is -0.388 e. The predicted molar refractivity (Wildman–Crippen MR) is 135 cm³/mol. The number of nitrogens with zero attached hydrogens (tertiary/aromatic N) is 4. The highest BCUT2D eigenvalue weighted by Gasteiger charge is 2.47. The Hall–Kier alpha value is -3.86. The van der Waals surface area contributed by atoms with E-state index in [9.17, 15) is 31.5 Å². The van der Waals surface area contributed by atoms with Crippen LogP contribution < -0.4 is 10.6 Å². The third-order valence-electron chi connectivity index (χ3n) is 5.65. The summed E-state index contributed by atoms with van der Waals surface area (Å²) < 4.78 is 75.1. The molecule has 0 aliphatic carbocycles. The lowest BCUT2D eigenvalue weighted by Crippen LogP contribution is -2.56. The summed E-state index contributed by atoms with van der Waals surface area (Å²) in [5, 5.41) is 11.9. The molecule has 3 heterocycles. The fourth-order valence-electron chi connectivity index (χ4n) is 3.16. The highest BCUT2D eigenvalue weighted by molar-refractivity contribution is 5.92. The minimum atomic E-state index is -4.28. The Labute approximate surface area is 231 Å². The topological polar surface area (TPSA) is 148 Å². The van der Waals surface area contributed by atoms with E-state index >= 15 is 0 Å². The summed E-state index contributed by atoms with van der Waals surface area (Å²) >= 11 is 0. The lowest BCUT2D eigenvalue weighted by molar-refractivity contribution is -0.255. The smallest absolute Gasteiger partial charge is 0.388 e. The maximum atomic E-state index is 13.5. The molecule has 3 N–H and O–H groups in total. The first-order valence-electron chi connectivity index (χ1n) is 12.0. The number of nitrogens with one attached hydrogen (secondary N) is 3. The van der Waals surface area contributed by atoms with Gasteiger partial charge in [-0.05, 0) is 43.6 Å². The van der Waals surface area contributed by atoms with Crippen molar-refractivity contribution in [1.29, 1.82) is 0 Å². The number of hydrogen-bond acceptors (Lipinski definition) is 8. The van der Waals surface area contributed by atoms with Crippen molar-refractivity contribution in [3.8, 4) is 0 Å². The van der Waals surface area contributed by atoms with E-state index in [1.54, 1.807) is 39.3 Å². The number of aryl methyl sites for hydroxylation is 1. The molecule has 2 aromatic heterocycles. The van der Waals surface area contributed by atoms with Crippen LogP contribution in [0.1, 0.15) is 41.4 Å². The zero-order valence-corrected chi connectivity index (χ0v) is 23.3. The summed E-state index contributed by atoms with van der Waals surface area (Å²) in [5.74, 6) is -2.90. The number of carbonyl (C=O) groups is 2. The second-order valence-corrected chi connectivity index (χ2v) is 9.41. The van der Waals surface area contributed by atoms with Crippen molar-refractivity contribution in [3.05, 3.63) is 41.0 Å². The molecule has 0 atom stereocenters. The zero-order valence-electron chi connectivity index (χ0n) is 23.3. The van der Waals surface area contributed by atoms with E-state index in [2.05, 4.69) is 45.0 Å². The van der Waals surface area contributed by atoms with Crippen molar-refractivity contribution >= 4 is 23.0 Å². The fourth-order valence-corrected chi connectivity index (χ4v) is 3.16. The molecule has 3 amide bonds. The van der Waals surface area contributed by atoms with Crippen molar-refractivity contribution in [2.24, 2.45) is 0 Å². The first-order valence-corrected chi connectivity index (χ1v) is 12.0. The number of aromatic nitrogens is 4. The van der Waals surface area contributed by atoms with E-state index in [0.717, 1.165) is 25.9 Å². The number of benzene rings is 1. The van der Waals surface area contributed by atoms with Crippen LogP contribution in [0, 0.1) is 6.92 Å². The molecular weight excluding hydrogens is 561 g/mol. The number of hydrogen-bond donors (Lipinski definition) is 3.